The summed E-state index contributed by atoms with van der Waals surface area (Å²) in [6.07, 6.45) is 29.9. The molecular formula is C53H69NO3S4. The molecule has 4 nitrogen and oxygen atoms in total. The van der Waals surface area contributed by atoms with E-state index >= 15 is 0 Å². The third-order valence-corrected chi connectivity index (χ3v) is 16.5. The van der Waals surface area contributed by atoms with Crippen LogP contribution >= 0.6 is 45.3 Å². The Kier molecular flexibility index (Phi) is 20.9. The van der Waals surface area contributed by atoms with Crippen molar-refractivity contribution in [2.75, 3.05) is 0 Å². The molecule has 0 aliphatic carbocycles. The van der Waals surface area contributed by atoms with Crippen molar-refractivity contribution < 1.29 is 14.3 Å². The van der Waals surface area contributed by atoms with Gasteiger partial charge in [0.05, 0.1) is 0 Å². The third kappa shape index (κ3) is 14.8. The second-order valence-electron chi connectivity index (χ2n) is 16.5. The van der Waals surface area contributed by atoms with Crippen LogP contribution in [0.15, 0.2) is 54.6 Å². The van der Waals surface area contributed by atoms with Crippen molar-refractivity contribution in [2.45, 2.75) is 176 Å². The molecule has 1 aromatic carbocycles. The quantitative estimate of drug-likeness (QED) is 0.0309. The number of ether oxygens (including phenoxy) is 1. The minimum Gasteiger partial charge on any atom is -0.458 e. The normalized spacial score (nSPS) is 11.8. The molecular weight excluding hydrogens is 827 g/mol. The molecule has 0 aliphatic heterocycles. The fourth-order valence-electron chi connectivity index (χ4n) is 7.73. The van der Waals surface area contributed by atoms with E-state index in [-0.39, 0.29) is 12.5 Å². The summed E-state index contributed by atoms with van der Waals surface area (Å²) in [4.78, 5) is 37.0. The van der Waals surface area contributed by atoms with E-state index in [4.69, 9.17) is 11.2 Å². The molecule has 4 heterocycles. The number of benzene rings is 1. The number of hydrogen-bond donors (Lipinski definition) is 1. The smallest absolute Gasteiger partial charge is 0.328 e. The summed E-state index contributed by atoms with van der Waals surface area (Å²) in [5.41, 5.74) is 5.49. The first-order valence-corrected chi connectivity index (χ1v) is 26.6. The number of unbranched alkanes of at least 4 members (excludes halogenated alkanes) is 12. The van der Waals surface area contributed by atoms with Crippen LogP contribution < -0.4 is 5.32 Å². The Morgan fingerprint density at radius 2 is 1.07 bits per heavy atom. The zero-order valence-corrected chi connectivity index (χ0v) is 40.8. The maximum absolute atomic E-state index is 13.2. The zero-order valence-electron chi connectivity index (χ0n) is 37.6. The molecule has 5 aromatic rings. The lowest BCUT2D eigenvalue weighted by atomic mass is 10.0. The van der Waals surface area contributed by atoms with E-state index in [1.54, 1.807) is 42.5 Å². The SMILES string of the molecule is C#Cc1ccc(C(=O)N[C@@H](C)C(=O)OCc2cc(CCCCCC)c(-c3cc(CCCCCC)c(-c4cc(CCCCCC)c(-c5ccc(CCCCCC)s5)s4)s3)s2)cc1. The Labute approximate surface area is 384 Å². The standard InChI is InChI=1S/C53H69NO3S4/c1-7-12-16-20-24-41-34-45(37-57-53(56)38(6)54-52(55)40-30-28-39(11-5)29-31-40)59-50(41)47-36-43(26-22-18-14-9-3)51(61-47)48-35-42(25-21-17-13-8-2)49(60-48)46-33-32-44(58-46)27-23-19-15-10-4/h5,28-36,38H,7-10,12-27,37H2,1-4,6H3,(H,54,55)/t38-/m0/s1. The third-order valence-electron chi connectivity index (χ3n) is 11.4. The van der Waals surface area contributed by atoms with Crippen LogP contribution in [0.25, 0.3) is 29.3 Å². The monoisotopic (exact) mass is 895 g/mol. The van der Waals surface area contributed by atoms with Crippen molar-refractivity contribution in [2.24, 2.45) is 0 Å². The highest BCUT2D eigenvalue weighted by atomic mass is 32.1. The van der Waals surface area contributed by atoms with Gasteiger partial charge in [-0.2, -0.15) is 0 Å². The number of thiophene rings is 4. The Morgan fingerprint density at radius 1 is 0.574 bits per heavy atom. The number of carbonyl (C=O) groups is 2. The minimum atomic E-state index is -0.790. The minimum absolute atomic E-state index is 0.182. The molecule has 0 saturated heterocycles. The van der Waals surface area contributed by atoms with Crippen LogP contribution in [0.2, 0.25) is 0 Å². The van der Waals surface area contributed by atoms with Crippen molar-refractivity contribution in [1.82, 2.24) is 5.32 Å². The largest absolute Gasteiger partial charge is 0.458 e. The van der Waals surface area contributed by atoms with Crippen molar-refractivity contribution in [1.29, 1.82) is 0 Å². The fraction of sp³-hybridized carbons (Fsp3) is 0.509. The predicted octanol–water partition coefficient (Wildman–Crippen LogP) is 16.3. The summed E-state index contributed by atoms with van der Waals surface area (Å²) in [5, 5.41) is 2.79. The molecule has 0 saturated carbocycles. The molecule has 61 heavy (non-hydrogen) atoms. The number of rotatable bonds is 28. The number of nitrogens with one attached hydrogen (secondary N) is 1. The first kappa shape index (κ1) is 48.6. The van der Waals surface area contributed by atoms with Crippen LogP contribution in [-0.4, -0.2) is 17.9 Å². The number of hydrogen-bond acceptors (Lipinski definition) is 7. The highest BCUT2D eigenvalue weighted by Crippen LogP contribution is 2.48. The molecule has 5 rings (SSSR count). The van der Waals surface area contributed by atoms with Crippen LogP contribution in [-0.2, 0) is 41.8 Å². The first-order chi connectivity index (χ1) is 29.8. The lowest BCUT2D eigenvalue weighted by Gasteiger charge is -2.13. The van der Waals surface area contributed by atoms with Gasteiger partial charge in [0.15, 0.2) is 0 Å². The van der Waals surface area contributed by atoms with Crippen molar-refractivity contribution >= 4 is 57.2 Å². The molecule has 0 bridgehead atoms. The number of aryl methyl sites for hydroxylation is 4. The van der Waals surface area contributed by atoms with Gasteiger partial charge in [0, 0.05) is 50.1 Å². The van der Waals surface area contributed by atoms with Gasteiger partial charge in [-0.15, -0.1) is 51.8 Å². The Hall–Kier alpha value is -3.48. The Bertz CT molecular complexity index is 2120. The van der Waals surface area contributed by atoms with Crippen LogP contribution in [0.3, 0.4) is 0 Å². The van der Waals surface area contributed by atoms with E-state index in [9.17, 15) is 9.59 Å². The lowest BCUT2D eigenvalue weighted by molar-refractivity contribution is -0.146. The Balaban J connectivity index is 1.42. The molecule has 1 amide bonds. The van der Waals surface area contributed by atoms with Crippen LogP contribution in [0.5, 0.6) is 0 Å². The molecule has 328 valence electrons. The predicted molar refractivity (Wildman–Crippen MR) is 267 cm³/mol. The van der Waals surface area contributed by atoms with Gasteiger partial charge in [0.25, 0.3) is 5.91 Å². The number of esters is 1. The summed E-state index contributed by atoms with van der Waals surface area (Å²) in [6.45, 7) is 11.0. The number of terminal acetylenes is 1. The summed E-state index contributed by atoms with van der Waals surface area (Å²) < 4.78 is 5.86. The highest BCUT2D eigenvalue weighted by Gasteiger charge is 2.23. The van der Waals surface area contributed by atoms with E-state index in [0.29, 0.717) is 11.1 Å². The maximum Gasteiger partial charge on any atom is 0.328 e. The van der Waals surface area contributed by atoms with Crippen molar-refractivity contribution in [3.63, 3.8) is 0 Å². The van der Waals surface area contributed by atoms with Gasteiger partial charge >= 0.3 is 5.97 Å². The molecule has 0 unspecified atom stereocenters. The van der Waals surface area contributed by atoms with Gasteiger partial charge in [-0.3, -0.25) is 4.79 Å². The molecule has 1 atom stereocenters. The van der Waals surface area contributed by atoms with Crippen LogP contribution in [0.4, 0.5) is 0 Å². The first-order valence-electron chi connectivity index (χ1n) is 23.3. The summed E-state index contributed by atoms with van der Waals surface area (Å²) in [5.74, 6) is 1.78. The summed E-state index contributed by atoms with van der Waals surface area (Å²) in [7, 11) is 0. The van der Waals surface area contributed by atoms with E-state index in [1.165, 1.54) is 154 Å². The summed E-state index contributed by atoms with van der Waals surface area (Å²) >= 11 is 7.76. The number of carbonyl (C=O) groups excluding carboxylic acids is 2. The van der Waals surface area contributed by atoms with Crippen LogP contribution in [0, 0.1) is 12.3 Å². The van der Waals surface area contributed by atoms with E-state index in [2.05, 4.69) is 69.3 Å². The van der Waals surface area contributed by atoms with Gasteiger partial charge < -0.3 is 10.1 Å². The van der Waals surface area contributed by atoms with E-state index in [0.717, 1.165) is 30.6 Å². The second-order valence-corrected chi connectivity index (χ2v) is 20.9. The topological polar surface area (TPSA) is 55.4 Å². The van der Waals surface area contributed by atoms with Gasteiger partial charge in [0.1, 0.15) is 12.6 Å². The molecule has 8 heteroatoms. The molecule has 4 aromatic heterocycles. The maximum atomic E-state index is 13.2. The molecule has 0 spiro atoms. The van der Waals surface area contributed by atoms with Gasteiger partial charge in [-0.25, -0.2) is 4.79 Å². The van der Waals surface area contributed by atoms with Crippen molar-refractivity contribution in [3.8, 4) is 41.6 Å². The van der Waals surface area contributed by atoms with Gasteiger partial charge in [0.2, 0.25) is 0 Å². The average Bonchev–Trinajstić information content (AvgIpc) is 4.09. The van der Waals surface area contributed by atoms with Crippen molar-refractivity contribution in [3.05, 3.63) is 92.2 Å². The fourth-order valence-corrected chi connectivity index (χ4v) is 12.7. The Morgan fingerprint density at radius 3 is 1.59 bits per heavy atom. The average molecular weight is 896 g/mol. The van der Waals surface area contributed by atoms with E-state index < -0.39 is 12.0 Å². The van der Waals surface area contributed by atoms with Gasteiger partial charge in [-0.05, 0) is 130 Å². The lowest BCUT2D eigenvalue weighted by Crippen LogP contribution is -2.39. The van der Waals surface area contributed by atoms with Gasteiger partial charge in [-0.1, -0.05) is 111 Å². The molecule has 0 fully saturated rings. The highest BCUT2D eigenvalue weighted by molar-refractivity contribution is 7.28. The molecule has 0 aliphatic rings. The summed E-state index contributed by atoms with van der Waals surface area (Å²) in [6, 6.07) is 18.1. The molecule has 1 N–H and O–H groups in total. The van der Waals surface area contributed by atoms with Crippen LogP contribution in [0.1, 0.15) is 180 Å². The van der Waals surface area contributed by atoms with E-state index in [1.807, 2.05) is 34.0 Å². The number of amides is 1. The molecule has 0 radical (unpaired) electrons. The second kappa shape index (κ2) is 26.2. The zero-order chi connectivity index (χ0) is 43.4.